The topological polar surface area (TPSA) is 95.7 Å². The van der Waals surface area contributed by atoms with Gasteiger partial charge >= 0.3 is 0 Å². The molecule has 1 aliphatic carbocycles. The number of nitrogens with zero attached hydrogens (tertiary/aromatic N) is 1. The van der Waals surface area contributed by atoms with Crippen LogP contribution in [0.3, 0.4) is 0 Å². The maximum absolute atomic E-state index is 12.4. The number of β-lactam (4-membered cyclic amide) rings is 1. The lowest BCUT2D eigenvalue weighted by Crippen LogP contribution is -2.68. The number of carbonyl (C=O) groups is 2. The highest BCUT2D eigenvalue weighted by Crippen LogP contribution is 2.45. The second-order valence-electron chi connectivity index (χ2n) is 6.89. The van der Waals surface area contributed by atoms with Gasteiger partial charge in [0.1, 0.15) is 6.04 Å². The fourth-order valence-corrected chi connectivity index (χ4v) is 3.42. The normalized spacial score (nSPS) is 27.9. The Kier molecular flexibility index (Phi) is 8.59. The second-order valence-corrected chi connectivity index (χ2v) is 6.89. The van der Waals surface area contributed by atoms with E-state index in [0.717, 1.165) is 32.2 Å². The van der Waals surface area contributed by atoms with Crippen LogP contribution in [0.5, 0.6) is 0 Å². The summed E-state index contributed by atoms with van der Waals surface area (Å²) in [5.41, 5.74) is 4.92. The number of hydrogen-bond acceptors (Lipinski definition) is 4. The van der Waals surface area contributed by atoms with E-state index in [1.54, 1.807) is 0 Å². The van der Waals surface area contributed by atoms with Crippen molar-refractivity contribution < 1.29 is 14.7 Å². The lowest BCUT2D eigenvalue weighted by Gasteiger charge is -2.53. The smallest absolute Gasteiger partial charge is 0.242 e. The lowest BCUT2D eigenvalue weighted by atomic mass is 9.66. The molecule has 1 atom stereocenters. The molecule has 1 spiro atoms. The Balaban J connectivity index is 0.00000242. The van der Waals surface area contributed by atoms with Gasteiger partial charge in [-0.05, 0) is 38.1 Å². The molecule has 2 rings (SSSR count). The van der Waals surface area contributed by atoms with Gasteiger partial charge in [-0.25, -0.2) is 0 Å². The summed E-state index contributed by atoms with van der Waals surface area (Å²) in [6.45, 7) is 5.53. The third-order valence-electron chi connectivity index (χ3n) is 4.82. The highest BCUT2D eigenvalue weighted by molar-refractivity contribution is 7.59. The van der Waals surface area contributed by atoms with Gasteiger partial charge in [0.25, 0.3) is 0 Å². The highest BCUT2D eigenvalue weighted by Gasteiger charge is 2.55. The average Bonchev–Trinajstić information content (AvgIpc) is 2.45. The summed E-state index contributed by atoms with van der Waals surface area (Å²) >= 11 is 0. The predicted octanol–water partition coefficient (Wildman–Crippen LogP) is 0.598. The summed E-state index contributed by atoms with van der Waals surface area (Å²) in [6, 6.07) is -0.371. The van der Waals surface area contributed by atoms with Gasteiger partial charge in [-0.3, -0.25) is 9.59 Å². The Hall–Kier alpha value is -0.790. The van der Waals surface area contributed by atoms with E-state index >= 15 is 0 Å². The zero-order valence-electron chi connectivity index (χ0n) is 13.5. The number of hydrogen-bond donors (Lipinski definition) is 3. The van der Waals surface area contributed by atoms with Crippen molar-refractivity contribution in [2.24, 2.45) is 17.1 Å². The minimum atomic E-state index is -0.861. The summed E-state index contributed by atoms with van der Waals surface area (Å²) in [6.07, 6.45) is 3.70. The van der Waals surface area contributed by atoms with Gasteiger partial charge in [0, 0.05) is 12.6 Å². The van der Waals surface area contributed by atoms with Crippen LogP contribution in [0, 0.1) is 11.3 Å². The summed E-state index contributed by atoms with van der Waals surface area (Å²) in [5.74, 6) is -0.0155. The first-order valence-corrected chi connectivity index (χ1v) is 7.84. The van der Waals surface area contributed by atoms with Crippen LogP contribution in [0.2, 0.25) is 0 Å². The molecule has 1 heterocycles. The molecule has 0 aromatic carbocycles. The molecule has 0 unspecified atom stereocenters. The van der Waals surface area contributed by atoms with Crippen LogP contribution in [0.1, 0.15) is 47.0 Å². The fraction of sp³-hybridized carbons (Fsp3) is 0.875. The number of aliphatic hydroxyl groups excluding tert-OH is 1. The predicted molar refractivity (Wildman–Crippen MR) is 96.4 cm³/mol. The van der Waals surface area contributed by atoms with E-state index in [0.29, 0.717) is 18.5 Å². The van der Waals surface area contributed by atoms with Crippen molar-refractivity contribution in [1.82, 2.24) is 10.2 Å². The average molecular weight is 348 g/mol. The van der Waals surface area contributed by atoms with Crippen molar-refractivity contribution in [1.29, 1.82) is 0 Å². The summed E-state index contributed by atoms with van der Waals surface area (Å²) in [7, 11) is 0. The van der Waals surface area contributed by atoms with Crippen molar-refractivity contribution in [3.05, 3.63) is 0 Å². The molecule has 23 heavy (non-hydrogen) atoms. The van der Waals surface area contributed by atoms with Gasteiger partial charge in [-0.15, -0.1) is 0 Å². The molecule has 2 fully saturated rings. The van der Waals surface area contributed by atoms with Crippen LogP contribution >= 0.6 is 13.5 Å². The molecule has 2 amide bonds. The van der Waals surface area contributed by atoms with Crippen LogP contribution in [-0.2, 0) is 9.59 Å². The van der Waals surface area contributed by atoms with Gasteiger partial charge in [0.15, 0.2) is 0 Å². The molecular weight excluding hydrogens is 314 g/mol. The summed E-state index contributed by atoms with van der Waals surface area (Å²) in [5, 5.41) is 12.7. The number of likely N-dealkylation sites (tertiary alicyclic amines) is 1. The van der Waals surface area contributed by atoms with E-state index in [1.807, 2.05) is 0 Å². The van der Waals surface area contributed by atoms with Gasteiger partial charge < -0.3 is 21.1 Å². The molecule has 6 nitrogen and oxygen atoms in total. The summed E-state index contributed by atoms with van der Waals surface area (Å²) < 4.78 is 0. The molecule has 136 valence electrons. The number of primary amides is 1. The Bertz CT molecular complexity index is 409. The van der Waals surface area contributed by atoms with Crippen molar-refractivity contribution >= 4 is 25.3 Å². The third-order valence-corrected chi connectivity index (χ3v) is 4.82. The van der Waals surface area contributed by atoms with E-state index in [4.69, 9.17) is 5.73 Å². The number of rotatable bonds is 6. The fourth-order valence-electron chi connectivity index (χ4n) is 3.42. The molecular formula is C16H33N3O3S. The van der Waals surface area contributed by atoms with Crippen molar-refractivity contribution in [2.45, 2.75) is 59.0 Å². The number of carbonyl (C=O) groups excluding carboxylic acids is 2. The zero-order valence-corrected chi connectivity index (χ0v) is 14.5. The van der Waals surface area contributed by atoms with E-state index in [1.165, 1.54) is 4.90 Å². The standard InChI is InChI=1S/C15H27N3O3.CH4.H2S/c1-10(2)7-17-11-3-5-15(6-4-11)9-18(14(15)21)12(8-19)13(16)20;;/h10-12,17,19H,3-9H2,1-2H3,(H2,16,20);1H4;1H2/t11?,12-,15?;;/m0../s1. The second kappa shape index (κ2) is 8.89. The number of amides is 2. The number of nitrogens with two attached hydrogens (primary N) is 1. The van der Waals surface area contributed by atoms with Crippen molar-refractivity contribution in [3.8, 4) is 0 Å². The Morgan fingerprint density at radius 3 is 2.39 bits per heavy atom. The van der Waals surface area contributed by atoms with Crippen LogP contribution in [0.15, 0.2) is 0 Å². The first-order valence-electron chi connectivity index (χ1n) is 7.84. The zero-order chi connectivity index (χ0) is 15.6. The third kappa shape index (κ3) is 4.61. The van der Waals surface area contributed by atoms with E-state index in [-0.39, 0.29) is 32.2 Å². The number of nitrogens with one attached hydrogen (secondary N) is 1. The van der Waals surface area contributed by atoms with Gasteiger partial charge in [0.2, 0.25) is 11.8 Å². The van der Waals surface area contributed by atoms with E-state index in [2.05, 4.69) is 19.2 Å². The van der Waals surface area contributed by atoms with E-state index in [9.17, 15) is 14.7 Å². The SMILES string of the molecule is C.CC(C)CNC1CCC2(CC1)CN([C@@H](CO)C(N)=O)C2=O.S. The molecule has 1 saturated heterocycles. The monoisotopic (exact) mass is 347 g/mol. The Morgan fingerprint density at radius 2 is 2.00 bits per heavy atom. The highest BCUT2D eigenvalue weighted by atomic mass is 32.1. The van der Waals surface area contributed by atoms with Crippen LogP contribution in [0.25, 0.3) is 0 Å². The lowest BCUT2D eigenvalue weighted by molar-refractivity contribution is -0.172. The molecule has 7 heteroatoms. The first-order chi connectivity index (χ1) is 9.89. The van der Waals surface area contributed by atoms with Crippen LogP contribution in [0.4, 0.5) is 0 Å². The molecule has 4 N–H and O–H groups in total. The number of aliphatic hydroxyl groups is 1. The molecule has 2 aliphatic rings. The quantitative estimate of drug-likeness (QED) is 0.613. The van der Waals surface area contributed by atoms with Gasteiger partial charge in [0.05, 0.1) is 12.0 Å². The molecule has 0 aromatic rings. The maximum atomic E-state index is 12.4. The molecule has 0 aromatic heterocycles. The van der Waals surface area contributed by atoms with Crippen LogP contribution < -0.4 is 11.1 Å². The Morgan fingerprint density at radius 1 is 1.43 bits per heavy atom. The summed E-state index contributed by atoms with van der Waals surface area (Å²) in [4.78, 5) is 25.1. The largest absolute Gasteiger partial charge is 0.394 e. The molecule has 1 aliphatic heterocycles. The molecule has 0 bridgehead atoms. The van der Waals surface area contributed by atoms with Crippen LogP contribution in [-0.4, -0.2) is 53.6 Å². The van der Waals surface area contributed by atoms with Gasteiger partial charge in [-0.1, -0.05) is 21.3 Å². The van der Waals surface area contributed by atoms with Gasteiger partial charge in [-0.2, -0.15) is 13.5 Å². The first kappa shape index (κ1) is 22.2. The minimum Gasteiger partial charge on any atom is -0.394 e. The maximum Gasteiger partial charge on any atom is 0.242 e. The van der Waals surface area contributed by atoms with Crippen molar-refractivity contribution in [3.63, 3.8) is 0 Å². The Labute approximate surface area is 146 Å². The van der Waals surface area contributed by atoms with Crippen molar-refractivity contribution in [2.75, 3.05) is 19.7 Å². The van der Waals surface area contributed by atoms with E-state index < -0.39 is 18.6 Å². The molecule has 1 saturated carbocycles. The molecule has 0 radical (unpaired) electrons. The minimum absolute atomic E-state index is 0.